The van der Waals surface area contributed by atoms with Gasteiger partial charge in [0.05, 0.1) is 6.04 Å². The largest absolute Gasteiger partial charge is 0.405 e. The lowest BCUT2D eigenvalue weighted by Crippen LogP contribution is -2.49. The van der Waals surface area contributed by atoms with Crippen molar-refractivity contribution in [1.29, 1.82) is 0 Å². The molecule has 0 saturated heterocycles. The Bertz CT molecular complexity index is 307. The van der Waals surface area contributed by atoms with E-state index in [1.807, 2.05) is 5.32 Å². The number of amides is 1. The van der Waals surface area contributed by atoms with E-state index in [0.29, 0.717) is 11.8 Å². The van der Waals surface area contributed by atoms with Crippen LogP contribution in [0.3, 0.4) is 0 Å². The Kier molecular flexibility index (Phi) is 5.64. The molecule has 4 unspecified atom stereocenters. The molecule has 0 radical (unpaired) electrons. The van der Waals surface area contributed by atoms with Crippen molar-refractivity contribution in [2.75, 3.05) is 6.54 Å². The molecule has 4 atom stereocenters. The van der Waals surface area contributed by atoms with Crippen LogP contribution in [0.25, 0.3) is 0 Å². The SMILES string of the molecule is CC(NC1CCC(C)C(C)C1)C(=O)NCC(F)(F)F. The van der Waals surface area contributed by atoms with Crippen LogP contribution in [-0.2, 0) is 4.79 Å². The maximum Gasteiger partial charge on any atom is 0.405 e. The Morgan fingerprint density at radius 3 is 2.42 bits per heavy atom. The first-order valence-corrected chi connectivity index (χ1v) is 6.79. The first-order valence-electron chi connectivity index (χ1n) is 6.79. The van der Waals surface area contributed by atoms with Gasteiger partial charge in [-0.1, -0.05) is 13.8 Å². The lowest BCUT2D eigenvalue weighted by Gasteiger charge is -2.34. The minimum absolute atomic E-state index is 0.220. The van der Waals surface area contributed by atoms with Crippen LogP contribution in [-0.4, -0.2) is 30.7 Å². The van der Waals surface area contributed by atoms with Gasteiger partial charge in [-0.05, 0) is 38.0 Å². The highest BCUT2D eigenvalue weighted by molar-refractivity contribution is 5.81. The molecule has 112 valence electrons. The first kappa shape index (κ1) is 16.3. The number of rotatable bonds is 4. The van der Waals surface area contributed by atoms with Crippen LogP contribution in [0.4, 0.5) is 13.2 Å². The van der Waals surface area contributed by atoms with Gasteiger partial charge in [0.15, 0.2) is 0 Å². The van der Waals surface area contributed by atoms with Gasteiger partial charge in [-0.3, -0.25) is 4.79 Å². The molecule has 6 heteroatoms. The molecule has 2 N–H and O–H groups in total. The number of carbonyl (C=O) groups is 1. The third kappa shape index (κ3) is 5.80. The second kappa shape index (κ2) is 6.59. The van der Waals surface area contributed by atoms with Crippen molar-refractivity contribution in [3.05, 3.63) is 0 Å². The van der Waals surface area contributed by atoms with E-state index in [1.165, 1.54) is 0 Å². The summed E-state index contributed by atoms with van der Waals surface area (Å²) in [6.07, 6.45) is -1.32. The van der Waals surface area contributed by atoms with Gasteiger partial charge in [0.1, 0.15) is 6.54 Å². The molecule has 1 aliphatic rings. The molecule has 0 aromatic carbocycles. The van der Waals surface area contributed by atoms with E-state index >= 15 is 0 Å². The smallest absolute Gasteiger partial charge is 0.346 e. The lowest BCUT2D eigenvalue weighted by atomic mass is 9.79. The zero-order chi connectivity index (χ0) is 14.6. The van der Waals surface area contributed by atoms with Crippen molar-refractivity contribution >= 4 is 5.91 Å². The fraction of sp³-hybridized carbons (Fsp3) is 0.923. The average molecular weight is 280 g/mol. The first-order chi connectivity index (χ1) is 8.69. The van der Waals surface area contributed by atoms with E-state index in [-0.39, 0.29) is 6.04 Å². The summed E-state index contributed by atoms with van der Waals surface area (Å²) in [7, 11) is 0. The number of hydrogen-bond donors (Lipinski definition) is 2. The van der Waals surface area contributed by atoms with Crippen molar-refractivity contribution in [2.24, 2.45) is 11.8 Å². The van der Waals surface area contributed by atoms with Gasteiger partial charge in [-0.25, -0.2) is 0 Å². The molecule has 0 heterocycles. The summed E-state index contributed by atoms with van der Waals surface area (Å²) in [5, 5.41) is 5.03. The molecule has 0 aromatic heterocycles. The summed E-state index contributed by atoms with van der Waals surface area (Å²) in [4.78, 5) is 11.5. The number of carbonyl (C=O) groups excluding carboxylic acids is 1. The van der Waals surface area contributed by atoms with E-state index in [0.717, 1.165) is 19.3 Å². The summed E-state index contributed by atoms with van der Waals surface area (Å²) >= 11 is 0. The topological polar surface area (TPSA) is 41.1 Å². The van der Waals surface area contributed by atoms with Crippen LogP contribution < -0.4 is 10.6 Å². The van der Waals surface area contributed by atoms with Crippen LogP contribution in [0.15, 0.2) is 0 Å². The third-order valence-electron chi connectivity index (χ3n) is 3.94. The summed E-state index contributed by atoms with van der Waals surface area (Å²) in [6.45, 7) is 4.72. The van der Waals surface area contributed by atoms with Crippen molar-refractivity contribution in [2.45, 2.75) is 58.3 Å². The molecular formula is C13H23F3N2O. The molecule has 19 heavy (non-hydrogen) atoms. The van der Waals surface area contributed by atoms with Crippen molar-refractivity contribution in [3.8, 4) is 0 Å². The maximum atomic E-state index is 12.0. The van der Waals surface area contributed by atoms with Gasteiger partial charge in [0.25, 0.3) is 0 Å². The quantitative estimate of drug-likeness (QED) is 0.830. The van der Waals surface area contributed by atoms with Crippen molar-refractivity contribution in [1.82, 2.24) is 10.6 Å². The highest BCUT2D eigenvalue weighted by atomic mass is 19.4. The van der Waals surface area contributed by atoms with Crippen LogP contribution in [0.2, 0.25) is 0 Å². The van der Waals surface area contributed by atoms with Crippen molar-refractivity contribution in [3.63, 3.8) is 0 Å². The maximum absolute atomic E-state index is 12.0. The number of nitrogens with one attached hydrogen (secondary N) is 2. The predicted molar refractivity (Wildman–Crippen MR) is 67.6 cm³/mol. The Labute approximate surface area is 112 Å². The minimum Gasteiger partial charge on any atom is -0.346 e. The van der Waals surface area contributed by atoms with Gasteiger partial charge in [-0.15, -0.1) is 0 Å². The molecule has 0 aliphatic heterocycles. The monoisotopic (exact) mass is 280 g/mol. The fourth-order valence-corrected chi connectivity index (χ4v) is 2.47. The van der Waals surface area contributed by atoms with Gasteiger partial charge >= 0.3 is 6.18 Å². The standard InChI is InChI=1S/C13H23F3N2O/c1-8-4-5-11(6-9(8)2)18-10(3)12(19)17-7-13(14,15)16/h8-11,18H,4-7H2,1-3H3,(H,17,19). The molecular weight excluding hydrogens is 257 g/mol. The molecule has 1 saturated carbocycles. The molecule has 1 amide bonds. The summed E-state index contributed by atoms with van der Waals surface area (Å²) in [6, 6.07) is -0.370. The van der Waals surface area contributed by atoms with Crippen LogP contribution in [0, 0.1) is 11.8 Å². The van der Waals surface area contributed by atoms with E-state index in [1.54, 1.807) is 6.92 Å². The molecule has 1 aliphatic carbocycles. The third-order valence-corrected chi connectivity index (χ3v) is 3.94. The molecule has 3 nitrogen and oxygen atoms in total. The van der Waals surface area contributed by atoms with Crippen molar-refractivity contribution < 1.29 is 18.0 Å². The number of hydrogen-bond acceptors (Lipinski definition) is 2. The van der Waals surface area contributed by atoms with Gasteiger partial charge in [0.2, 0.25) is 5.91 Å². The van der Waals surface area contributed by atoms with E-state index in [4.69, 9.17) is 0 Å². The second-order valence-corrected chi connectivity index (χ2v) is 5.69. The summed E-state index contributed by atoms with van der Waals surface area (Å²) in [5.41, 5.74) is 0. The van der Waals surface area contributed by atoms with E-state index < -0.39 is 24.7 Å². The van der Waals surface area contributed by atoms with Crippen LogP contribution >= 0.6 is 0 Å². The van der Waals surface area contributed by atoms with Gasteiger partial charge in [0, 0.05) is 6.04 Å². The molecule has 0 bridgehead atoms. The fourth-order valence-electron chi connectivity index (χ4n) is 2.47. The number of halogens is 3. The average Bonchev–Trinajstić information content (AvgIpc) is 2.29. The highest BCUT2D eigenvalue weighted by Gasteiger charge is 2.30. The summed E-state index contributed by atoms with van der Waals surface area (Å²) in [5.74, 6) is 0.660. The summed E-state index contributed by atoms with van der Waals surface area (Å²) < 4.78 is 36.0. The van der Waals surface area contributed by atoms with E-state index in [2.05, 4.69) is 19.2 Å². The Balaban J connectivity index is 2.34. The Morgan fingerprint density at radius 2 is 1.89 bits per heavy atom. The zero-order valence-corrected chi connectivity index (χ0v) is 11.7. The zero-order valence-electron chi connectivity index (χ0n) is 11.7. The van der Waals surface area contributed by atoms with E-state index in [9.17, 15) is 18.0 Å². The predicted octanol–water partition coefficient (Wildman–Crippen LogP) is 2.47. The van der Waals surface area contributed by atoms with Crippen LogP contribution in [0.1, 0.15) is 40.0 Å². The second-order valence-electron chi connectivity index (χ2n) is 5.69. The lowest BCUT2D eigenvalue weighted by molar-refractivity contribution is -0.139. The van der Waals surface area contributed by atoms with Gasteiger partial charge < -0.3 is 10.6 Å². The Morgan fingerprint density at radius 1 is 1.26 bits per heavy atom. The highest BCUT2D eigenvalue weighted by Crippen LogP contribution is 2.29. The molecule has 0 spiro atoms. The Hall–Kier alpha value is -0.780. The number of alkyl halides is 3. The van der Waals surface area contributed by atoms with Crippen LogP contribution in [0.5, 0.6) is 0 Å². The minimum atomic E-state index is -4.36. The molecule has 1 rings (SSSR count). The normalized spacial score (nSPS) is 29.9. The molecule has 1 fully saturated rings. The van der Waals surface area contributed by atoms with Gasteiger partial charge in [-0.2, -0.15) is 13.2 Å². The molecule has 0 aromatic rings.